The van der Waals surface area contributed by atoms with Gasteiger partial charge in [-0.25, -0.2) is 0 Å². The van der Waals surface area contributed by atoms with Crippen LogP contribution in [0.1, 0.15) is 18.4 Å². The Labute approximate surface area is 102 Å². The molecule has 0 saturated heterocycles. The van der Waals surface area contributed by atoms with Crippen LogP contribution in [0.4, 0.5) is 11.4 Å². The first-order valence-electron chi connectivity index (χ1n) is 6.04. The lowest BCUT2D eigenvalue weighted by Crippen LogP contribution is -2.33. The Kier molecular flexibility index (Phi) is 3.52. The summed E-state index contributed by atoms with van der Waals surface area (Å²) in [5, 5.41) is 2.65. The van der Waals surface area contributed by atoms with E-state index in [0.29, 0.717) is 6.42 Å². The van der Waals surface area contributed by atoms with Crippen LogP contribution in [-0.4, -0.2) is 26.0 Å². The molecule has 0 aliphatic carbocycles. The molecule has 0 radical (unpaired) electrons. The van der Waals surface area contributed by atoms with Crippen molar-refractivity contribution in [2.24, 2.45) is 0 Å². The molecule has 0 bridgehead atoms. The number of rotatable bonds is 3. The lowest BCUT2D eigenvalue weighted by atomic mass is 10.0. The van der Waals surface area contributed by atoms with Crippen LogP contribution in [0.3, 0.4) is 0 Å². The van der Waals surface area contributed by atoms with Gasteiger partial charge in [-0.3, -0.25) is 4.79 Å². The van der Waals surface area contributed by atoms with E-state index in [4.69, 9.17) is 5.73 Å². The molecular formula is C13H19N3O. The van der Waals surface area contributed by atoms with Gasteiger partial charge in [0.2, 0.25) is 5.91 Å². The first-order valence-corrected chi connectivity index (χ1v) is 6.04. The maximum absolute atomic E-state index is 11.3. The number of hydrogen-bond acceptors (Lipinski definition) is 3. The van der Waals surface area contributed by atoms with Crippen LogP contribution in [0.2, 0.25) is 0 Å². The number of hydrogen-bond donors (Lipinski definition) is 2. The van der Waals surface area contributed by atoms with Gasteiger partial charge < -0.3 is 16.0 Å². The number of nitrogen functional groups attached to an aromatic ring is 1. The van der Waals surface area contributed by atoms with Crippen molar-refractivity contribution < 1.29 is 4.79 Å². The summed E-state index contributed by atoms with van der Waals surface area (Å²) in [5.74, 6) is 0.0843. The summed E-state index contributed by atoms with van der Waals surface area (Å²) in [5.41, 5.74) is 9.14. The second-order valence-electron chi connectivity index (χ2n) is 4.40. The van der Waals surface area contributed by atoms with Gasteiger partial charge in [-0.2, -0.15) is 0 Å². The molecule has 92 valence electrons. The fraction of sp³-hybridized carbons (Fsp3) is 0.462. The number of carbonyl (C=O) groups excluding carboxylic acids is 1. The van der Waals surface area contributed by atoms with Gasteiger partial charge in [0.1, 0.15) is 0 Å². The number of fused-ring (bicyclic) bond motifs is 1. The van der Waals surface area contributed by atoms with Gasteiger partial charge in [0.05, 0.1) is 0 Å². The van der Waals surface area contributed by atoms with E-state index in [1.807, 2.05) is 12.1 Å². The Morgan fingerprint density at radius 3 is 3.12 bits per heavy atom. The number of carbonyl (C=O) groups is 1. The third kappa shape index (κ3) is 2.70. The van der Waals surface area contributed by atoms with E-state index in [0.717, 1.165) is 31.6 Å². The Morgan fingerprint density at radius 2 is 2.35 bits per heavy atom. The zero-order valence-electron chi connectivity index (χ0n) is 10.2. The van der Waals surface area contributed by atoms with E-state index < -0.39 is 0 Å². The summed E-state index contributed by atoms with van der Waals surface area (Å²) < 4.78 is 0. The van der Waals surface area contributed by atoms with Crippen molar-refractivity contribution in [1.82, 2.24) is 5.32 Å². The predicted octanol–water partition coefficient (Wildman–Crippen LogP) is 1.16. The predicted molar refractivity (Wildman–Crippen MR) is 70.1 cm³/mol. The Morgan fingerprint density at radius 1 is 1.53 bits per heavy atom. The highest BCUT2D eigenvalue weighted by Crippen LogP contribution is 2.28. The van der Waals surface area contributed by atoms with Crippen LogP contribution in [0.15, 0.2) is 18.2 Å². The lowest BCUT2D eigenvalue weighted by molar-refractivity contribution is -0.120. The quantitative estimate of drug-likeness (QED) is 0.770. The minimum atomic E-state index is 0.0843. The molecule has 0 atom stereocenters. The average Bonchev–Trinajstić information content (AvgIpc) is 2.35. The fourth-order valence-corrected chi connectivity index (χ4v) is 2.26. The summed E-state index contributed by atoms with van der Waals surface area (Å²) in [6, 6.07) is 6.05. The largest absolute Gasteiger partial charge is 0.399 e. The standard InChI is InChI=1S/C13H19N3O/c1-15-13(17)6-8-16-7-2-3-10-4-5-11(14)9-12(10)16/h4-5,9H,2-3,6-8,14H2,1H3,(H,15,17). The summed E-state index contributed by atoms with van der Waals surface area (Å²) in [4.78, 5) is 13.5. The SMILES string of the molecule is CNC(=O)CCN1CCCc2ccc(N)cc21. The summed E-state index contributed by atoms with van der Waals surface area (Å²) in [6.07, 6.45) is 2.78. The van der Waals surface area contributed by atoms with E-state index in [1.54, 1.807) is 7.05 Å². The summed E-state index contributed by atoms with van der Waals surface area (Å²) in [6.45, 7) is 1.77. The molecule has 1 heterocycles. The van der Waals surface area contributed by atoms with E-state index in [2.05, 4.69) is 16.3 Å². The fourth-order valence-electron chi connectivity index (χ4n) is 2.26. The minimum Gasteiger partial charge on any atom is -0.399 e. The van der Waals surface area contributed by atoms with Crippen LogP contribution < -0.4 is 16.0 Å². The van der Waals surface area contributed by atoms with Crippen molar-refractivity contribution in [3.8, 4) is 0 Å². The average molecular weight is 233 g/mol. The highest BCUT2D eigenvalue weighted by Gasteiger charge is 2.17. The second kappa shape index (κ2) is 5.08. The number of benzene rings is 1. The Hall–Kier alpha value is -1.71. The molecule has 1 aliphatic heterocycles. The van der Waals surface area contributed by atoms with Crippen molar-refractivity contribution in [2.75, 3.05) is 30.8 Å². The minimum absolute atomic E-state index is 0.0843. The molecule has 0 saturated carbocycles. The lowest BCUT2D eigenvalue weighted by Gasteiger charge is -2.31. The maximum atomic E-state index is 11.3. The highest BCUT2D eigenvalue weighted by molar-refractivity contribution is 5.76. The number of nitrogens with one attached hydrogen (secondary N) is 1. The van der Waals surface area contributed by atoms with E-state index >= 15 is 0 Å². The van der Waals surface area contributed by atoms with Gasteiger partial charge >= 0.3 is 0 Å². The normalized spacial score (nSPS) is 14.3. The molecule has 0 aromatic heterocycles. The van der Waals surface area contributed by atoms with Gasteiger partial charge in [-0.1, -0.05) is 6.07 Å². The first-order chi connectivity index (χ1) is 8.20. The van der Waals surface area contributed by atoms with Gasteiger partial charge in [-0.05, 0) is 30.5 Å². The first kappa shape index (κ1) is 11.8. The van der Waals surface area contributed by atoms with Crippen LogP contribution in [0.25, 0.3) is 0 Å². The topological polar surface area (TPSA) is 58.4 Å². The molecule has 1 aliphatic rings. The van der Waals surface area contributed by atoms with Gasteiger partial charge in [0.25, 0.3) is 0 Å². The molecule has 0 fully saturated rings. The highest BCUT2D eigenvalue weighted by atomic mass is 16.1. The zero-order valence-corrected chi connectivity index (χ0v) is 10.2. The van der Waals surface area contributed by atoms with Crippen molar-refractivity contribution in [3.63, 3.8) is 0 Å². The molecular weight excluding hydrogens is 214 g/mol. The molecule has 2 rings (SSSR count). The molecule has 0 spiro atoms. The molecule has 1 aromatic carbocycles. The molecule has 4 heteroatoms. The third-order valence-corrected chi connectivity index (χ3v) is 3.21. The van der Waals surface area contributed by atoms with Gasteiger partial charge in [0, 0.05) is 37.9 Å². The van der Waals surface area contributed by atoms with Crippen LogP contribution in [0.5, 0.6) is 0 Å². The molecule has 17 heavy (non-hydrogen) atoms. The number of nitrogens with zero attached hydrogens (tertiary/aromatic N) is 1. The monoisotopic (exact) mass is 233 g/mol. The van der Waals surface area contributed by atoms with Gasteiger partial charge in [-0.15, -0.1) is 0 Å². The van der Waals surface area contributed by atoms with Crippen molar-refractivity contribution in [1.29, 1.82) is 0 Å². The molecule has 3 N–H and O–H groups in total. The maximum Gasteiger partial charge on any atom is 0.221 e. The third-order valence-electron chi connectivity index (χ3n) is 3.21. The smallest absolute Gasteiger partial charge is 0.221 e. The van der Waals surface area contributed by atoms with E-state index in [9.17, 15) is 4.79 Å². The Bertz CT molecular complexity index is 417. The van der Waals surface area contributed by atoms with Crippen LogP contribution >= 0.6 is 0 Å². The number of amides is 1. The van der Waals surface area contributed by atoms with Crippen molar-refractivity contribution >= 4 is 17.3 Å². The molecule has 1 amide bonds. The zero-order chi connectivity index (χ0) is 12.3. The van der Waals surface area contributed by atoms with Crippen molar-refractivity contribution in [2.45, 2.75) is 19.3 Å². The van der Waals surface area contributed by atoms with Crippen LogP contribution in [-0.2, 0) is 11.2 Å². The number of nitrogens with two attached hydrogens (primary N) is 1. The van der Waals surface area contributed by atoms with E-state index in [-0.39, 0.29) is 5.91 Å². The molecule has 1 aromatic rings. The number of aryl methyl sites for hydroxylation is 1. The molecule has 4 nitrogen and oxygen atoms in total. The van der Waals surface area contributed by atoms with Crippen LogP contribution in [0, 0.1) is 0 Å². The molecule has 0 unspecified atom stereocenters. The van der Waals surface area contributed by atoms with E-state index in [1.165, 1.54) is 11.3 Å². The summed E-state index contributed by atoms with van der Waals surface area (Å²) in [7, 11) is 1.67. The number of anilines is 2. The second-order valence-corrected chi connectivity index (χ2v) is 4.40. The summed E-state index contributed by atoms with van der Waals surface area (Å²) >= 11 is 0. The Balaban J connectivity index is 2.11. The van der Waals surface area contributed by atoms with Gasteiger partial charge in [0.15, 0.2) is 0 Å². The van der Waals surface area contributed by atoms with Crippen molar-refractivity contribution in [3.05, 3.63) is 23.8 Å².